The number of nitrogens with one attached hydrogen (secondary N) is 1. The molecular formula is C18H22N2O2S. The molecule has 0 aliphatic heterocycles. The average Bonchev–Trinajstić information content (AvgIpc) is 2.81. The molecule has 0 bridgehead atoms. The number of aromatic nitrogens is 1. The second-order valence-electron chi connectivity index (χ2n) is 5.85. The third kappa shape index (κ3) is 4.32. The van der Waals surface area contributed by atoms with Gasteiger partial charge in [0.2, 0.25) is 5.91 Å². The van der Waals surface area contributed by atoms with E-state index in [4.69, 9.17) is 4.74 Å². The molecule has 1 heterocycles. The van der Waals surface area contributed by atoms with Crippen LogP contribution < -0.4 is 10.1 Å². The highest BCUT2D eigenvalue weighted by Gasteiger charge is 2.15. The number of carbonyl (C=O) groups is 1. The van der Waals surface area contributed by atoms with Crippen molar-refractivity contribution in [1.29, 1.82) is 0 Å². The number of thiazole rings is 1. The third-order valence-electron chi connectivity index (χ3n) is 4.14. The molecule has 1 aromatic heterocycles. The Balaban J connectivity index is 1.52. The van der Waals surface area contributed by atoms with Crippen LogP contribution in [-0.2, 0) is 24.1 Å². The van der Waals surface area contributed by atoms with Gasteiger partial charge in [-0.3, -0.25) is 4.79 Å². The Kier molecular flexibility index (Phi) is 5.28. The molecule has 0 radical (unpaired) electrons. The predicted octanol–water partition coefficient (Wildman–Crippen LogP) is 3.99. The smallest absolute Gasteiger partial charge is 0.226 e. The number of nitrogens with zero attached hydrogens (tertiary/aromatic N) is 1. The van der Waals surface area contributed by atoms with E-state index in [-0.39, 0.29) is 5.91 Å². The summed E-state index contributed by atoms with van der Waals surface area (Å²) in [5, 5.41) is 3.72. The first-order valence-corrected chi connectivity index (χ1v) is 8.97. The summed E-state index contributed by atoms with van der Waals surface area (Å²) in [6, 6.07) is 7.84. The minimum absolute atomic E-state index is 0.0322. The van der Waals surface area contributed by atoms with Crippen molar-refractivity contribution in [2.75, 3.05) is 12.4 Å². The molecule has 122 valence electrons. The van der Waals surface area contributed by atoms with Gasteiger partial charge in [-0.05, 0) is 49.8 Å². The second-order valence-corrected chi connectivity index (χ2v) is 6.93. The maximum absolute atomic E-state index is 12.1. The van der Waals surface area contributed by atoms with Crippen LogP contribution in [0.4, 0.5) is 5.13 Å². The van der Waals surface area contributed by atoms with Crippen molar-refractivity contribution in [2.45, 2.75) is 44.9 Å². The van der Waals surface area contributed by atoms with Crippen molar-refractivity contribution >= 4 is 22.4 Å². The molecule has 5 heteroatoms. The van der Waals surface area contributed by atoms with Gasteiger partial charge in [-0.15, -0.1) is 11.3 Å². The Bertz CT molecular complexity index is 641. The number of hydrogen-bond acceptors (Lipinski definition) is 4. The number of ether oxygens (including phenoxy) is 1. The Hall–Kier alpha value is -1.88. The zero-order valence-electron chi connectivity index (χ0n) is 13.4. The number of carbonyl (C=O) groups excluding carboxylic acids is 1. The van der Waals surface area contributed by atoms with Gasteiger partial charge in [0.05, 0.1) is 12.8 Å². The lowest BCUT2D eigenvalue weighted by molar-refractivity contribution is -0.116. The third-order valence-corrected chi connectivity index (χ3v) is 5.21. The minimum Gasteiger partial charge on any atom is -0.497 e. The molecule has 0 saturated heterocycles. The molecule has 3 rings (SSSR count). The molecule has 23 heavy (non-hydrogen) atoms. The molecule has 0 unspecified atom stereocenters. The van der Waals surface area contributed by atoms with Crippen molar-refractivity contribution < 1.29 is 9.53 Å². The van der Waals surface area contributed by atoms with Crippen LogP contribution in [-0.4, -0.2) is 18.0 Å². The fourth-order valence-corrected chi connectivity index (χ4v) is 3.88. The molecule has 1 N–H and O–H groups in total. The number of amides is 1. The summed E-state index contributed by atoms with van der Waals surface area (Å²) in [5.74, 6) is 0.868. The Morgan fingerprint density at radius 3 is 2.78 bits per heavy atom. The van der Waals surface area contributed by atoms with E-state index in [2.05, 4.69) is 10.3 Å². The summed E-state index contributed by atoms with van der Waals surface area (Å²) in [4.78, 5) is 18.1. The molecule has 1 aromatic carbocycles. The van der Waals surface area contributed by atoms with Gasteiger partial charge in [0.15, 0.2) is 5.13 Å². The van der Waals surface area contributed by atoms with E-state index in [0.717, 1.165) is 35.7 Å². The van der Waals surface area contributed by atoms with Crippen molar-refractivity contribution in [3.8, 4) is 5.75 Å². The van der Waals surface area contributed by atoms with E-state index in [9.17, 15) is 4.79 Å². The minimum atomic E-state index is 0.0322. The fourth-order valence-electron chi connectivity index (χ4n) is 2.81. The maximum Gasteiger partial charge on any atom is 0.226 e. The van der Waals surface area contributed by atoms with Crippen LogP contribution in [0.2, 0.25) is 0 Å². The SMILES string of the molecule is COc1ccc(CCC(=O)Nc2nc3c(s2)CCCCC3)cc1. The van der Waals surface area contributed by atoms with Crippen LogP contribution >= 0.6 is 11.3 Å². The number of benzene rings is 1. The molecule has 0 spiro atoms. The molecular weight excluding hydrogens is 308 g/mol. The maximum atomic E-state index is 12.1. The molecule has 0 saturated carbocycles. The van der Waals surface area contributed by atoms with E-state index in [0.29, 0.717) is 6.42 Å². The van der Waals surface area contributed by atoms with Crippen molar-refractivity contribution in [3.63, 3.8) is 0 Å². The van der Waals surface area contributed by atoms with E-state index in [1.807, 2.05) is 24.3 Å². The van der Waals surface area contributed by atoms with E-state index in [1.165, 1.54) is 29.8 Å². The number of hydrogen-bond donors (Lipinski definition) is 1. The van der Waals surface area contributed by atoms with E-state index in [1.54, 1.807) is 18.4 Å². The van der Waals surface area contributed by atoms with Gasteiger partial charge < -0.3 is 10.1 Å². The van der Waals surface area contributed by atoms with Gasteiger partial charge in [-0.25, -0.2) is 4.98 Å². The average molecular weight is 330 g/mol. The topological polar surface area (TPSA) is 51.2 Å². The lowest BCUT2D eigenvalue weighted by Crippen LogP contribution is -2.12. The molecule has 0 atom stereocenters. The van der Waals surface area contributed by atoms with Crippen molar-refractivity contribution in [2.24, 2.45) is 0 Å². The van der Waals surface area contributed by atoms with Gasteiger partial charge >= 0.3 is 0 Å². The number of anilines is 1. The highest BCUT2D eigenvalue weighted by atomic mass is 32.1. The van der Waals surface area contributed by atoms with Gasteiger partial charge in [0.25, 0.3) is 0 Å². The number of fused-ring (bicyclic) bond motifs is 1. The summed E-state index contributed by atoms with van der Waals surface area (Å²) in [5.41, 5.74) is 2.33. The lowest BCUT2D eigenvalue weighted by Gasteiger charge is -2.04. The molecule has 0 fully saturated rings. The molecule has 4 nitrogen and oxygen atoms in total. The lowest BCUT2D eigenvalue weighted by atomic mass is 10.1. The predicted molar refractivity (Wildman–Crippen MR) is 93.3 cm³/mol. The van der Waals surface area contributed by atoms with E-state index >= 15 is 0 Å². The summed E-state index contributed by atoms with van der Waals surface area (Å²) in [7, 11) is 1.65. The normalized spacial score (nSPS) is 14.0. The first kappa shape index (κ1) is 16.0. The van der Waals surface area contributed by atoms with Gasteiger partial charge in [-0.1, -0.05) is 18.6 Å². The standard InChI is InChI=1S/C18H22N2O2S/c1-22-14-10-7-13(8-11-14)9-12-17(21)20-18-19-15-5-3-2-4-6-16(15)23-18/h7-8,10-11H,2-6,9,12H2,1H3,(H,19,20,21). The monoisotopic (exact) mass is 330 g/mol. The van der Waals surface area contributed by atoms with Crippen LogP contribution in [0, 0.1) is 0 Å². The van der Waals surface area contributed by atoms with Crippen LogP contribution in [0.1, 0.15) is 41.8 Å². The number of rotatable bonds is 5. The highest BCUT2D eigenvalue weighted by Crippen LogP contribution is 2.29. The first-order chi connectivity index (χ1) is 11.2. The molecule has 1 aliphatic rings. The van der Waals surface area contributed by atoms with E-state index < -0.39 is 0 Å². The molecule has 1 aliphatic carbocycles. The summed E-state index contributed by atoms with van der Waals surface area (Å²) >= 11 is 1.64. The Morgan fingerprint density at radius 2 is 2.00 bits per heavy atom. The zero-order valence-corrected chi connectivity index (χ0v) is 14.2. The van der Waals surface area contributed by atoms with Crippen LogP contribution in [0.3, 0.4) is 0 Å². The summed E-state index contributed by atoms with van der Waals surface area (Å²) in [6.45, 7) is 0. The van der Waals surface area contributed by atoms with Gasteiger partial charge in [0, 0.05) is 11.3 Å². The first-order valence-electron chi connectivity index (χ1n) is 8.16. The second kappa shape index (κ2) is 7.59. The van der Waals surface area contributed by atoms with Crippen LogP contribution in [0.15, 0.2) is 24.3 Å². The number of aryl methyl sites for hydroxylation is 3. The van der Waals surface area contributed by atoms with Crippen LogP contribution in [0.5, 0.6) is 5.75 Å². The largest absolute Gasteiger partial charge is 0.497 e. The zero-order chi connectivity index (χ0) is 16.1. The summed E-state index contributed by atoms with van der Waals surface area (Å²) < 4.78 is 5.14. The quantitative estimate of drug-likeness (QED) is 0.843. The summed E-state index contributed by atoms with van der Waals surface area (Å²) in [6.07, 6.45) is 7.08. The Morgan fingerprint density at radius 1 is 1.22 bits per heavy atom. The van der Waals surface area contributed by atoms with Crippen molar-refractivity contribution in [3.05, 3.63) is 40.4 Å². The highest BCUT2D eigenvalue weighted by molar-refractivity contribution is 7.15. The van der Waals surface area contributed by atoms with Gasteiger partial charge in [0.1, 0.15) is 5.75 Å². The van der Waals surface area contributed by atoms with Crippen LogP contribution in [0.25, 0.3) is 0 Å². The van der Waals surface area contributed by atoms with Crippen molar-refractivity contribution in [1.82, 2.24) is 4.98 Å². The molecule has 2 aromatic rings. The number of methoxy groups -OCH3 is 1. The molecule has 1 amide bonds. The van der Waals surface area contributed by atoms with Gasteiger partial charge in [-0.2, -0.15) is 0 Å². The fraction of sp³-hybridized carbons (Fsp3) is 0.444. The Labute approximate surface area is 140 Å².